The lowest BCUT2D eigenvalue weighted by molar-refractivity contribution is -0.123. The molecule has 1 saturated heterocycles. The summed E-state index contributed by atoms with van der Waals surface area (Å²) < 4.78 is 27.4. The minimum absolute atomic E-state index is 0.0151. The van der Waals surface area contributed by atoms with Gasteiger partial charge in [-0.1, -0.05) is 23.8 Å². The number of benzene rings is 1. The number of nitrogens with one attached hydrogen (secondary N) is 1. The van der Waals surface area contributed by atoms with Crippen molar-refractivity contribution >= 4 is 27.3 Å². The number of amides is 1. The Morgan fingerprint density at radius 1 is 1.18 bits per heavy atom. The number of carbonyl (C=O) groups excluding carboxylic acids is 1. The largest absolute Gasteiger partial charge is 0.348 e. The van der Waals surface area contributed by atoms with Crippen LogP contribution >= 0.6 is 11.3 Å². The van der Waals surface area contributed by atoms with Crippen LogP contribution in [0, 0.1) is 13.8 Å². The van der Waals surface area contributed by atoms with E-state index in [2.05, 4.69) is 5.32 Å². The van der Waals surface area contributed by atoms with Gasteiger partial charge < -0.3 is 5.32 Å². The van der Waals surface area contributed by atoms with Crippen LogP contribution in [0.5, 0.6) is 0 Å². The Morgan fingerprint density at radius 2 is 1.89 bits per heavy atom. The van der Waals surface area contributed by atoms with Gasteiger partial charge in [0.1, 0.15) is 0 Å². The summed E-state index contributed by atoms with van der Waals surface area (Å²) in [4.78, 5) is 15.8. The van der Waals surface area contributed by atoms with E-state index < -0.39 is 10.0 Å². The van der Waals surface area contributed by atoms with Crippen molar-refractivity contribution in [3.05, 3.63) is 51.7 Å². The zero-order chi connectivity index (χ0) is 20.3. The van der Waals surface area contributed by atoms with Crippen LogP contribution in [-0.2, 0) is 14.8 Å². The van der Waals surface area contributed by atoms with E-state index in [9.17, 15) is 13.2 Å². The highest BCUT2D eigenvalue weighted by atomic mass is 32.2. The standard InChI is InChI=1S/C20H27N3O3S2/c1-15-6-7-19(16(2)13-15)28(25,26)23-10-8-22(9-11-23)14-20(24)21-17(3)18-5-4-12-27-18/h4-7,12-13,17H,8-11,14H2,1-3H3,(H,21,24)/t17-/m1/s1. The summed E-state index contributed by atoms with van der Waals surface area (Å²) in [6.07, 6.45) is 0. The van der Waals surface area contributed by atoms with E-state index in [4.69, 9.17) is 0 Å². The van der Waals surface area contributed by atoms with Gasteiger partial charge in [0.2, 0.25) is 15.9 Å². The molecular weight excluding hydrogens is 394 g/mol. The number of aryl methyl sites for hydroxylation is 2. The smallest absolute Gasteiger partial charge is 0.243 e. The van der Waals surface area contributed by atoms with E-state index in [1.165, 1.54) is 4.31 Å². The number of rotatable bonds is 6. The monoisotopic (exact) mass is 421 g/mol. The van der Waals surface area contributed by atoms with Crippen molar-refractivity contribution in [3.63, 3.8) is 0 Å². The molecular formula is C20H27N3O3S2. The molecule has 0 radical (unpaired) electrons. The third-order valence-corrected chi connectivity index (χ3v) is 8.11. The summed E-state index contributed by atoms with van der Waals surface area (Å²) >= 11 is 1.62. The Balaban J connectivity index is 1.54. The Labute approximate surface area is 171 Å². The van der Waals surface area contributed by atoms with Crippen molar-refractivity contribution in [2.75, 3.05) is 32.7 Å². The third-order valence-electron chi connectivity index (χ3n) is 4.99. The molecule has 152 valence electrons. The summed E-state index contributed by atoms with van der Waals surface area (Å²) in [5.41, 5.74) is 1.81. The van der Waals surface area contributed by atoms with E-state index in [-0.39, 0.29) is 18.5 Å². The van der Waals surface area contributed by atoms with Crippen LogP contribution in [-0.4, -0.2) is 56.3 Å². The molecule has 0 aliphatic carbocycles. The van der Waals surface area contributed by atoms with Crippen molar-refractivity contribution < 1.29 is 13.2 Å². The molecule has 3 rings (SSSR count). The first-order valence-electron chi connectivity index (χ1n) is 9.40. The topological polar surface area (TPSA) is 69.7 Å². The van der Waals surface area contributed by atoms with E-state index in [1.807, 2.05) is 55.3 Å². The molecule has 0 saturated carbocycles. The number of piperazine rings is 1. The van der Waals surface area contributed by atoms with E-state index in [1.54, 1.807) is 17.4 Å². The van der Waals surface area contributed by atoms with Gasteiger partial charge in [-0.05, 0) is 43.8 Å². The van der Waals surface area contributed by atoms with Crippen LogP contribution in [0.3, 0.4) is 0 Å². The molecule has 1 atom stereocenters. The number of thiophene rings is 1. The summed E-state index contributed by atoms with van der Waals surface area (Å²) in [5, 5.41) is 5.00. The minimum atomic E-state index is -3.50. The maximum absolute atomic E-state index is 13.0. The van der Waals surface area contributed by atoms with Crippen LogP contribution in [0.1, 0.15) is 29.0 Å². The number of hydrogen-bond acceptors (Lipinski definition) is 5. The average Bonchev–Trinajstić information content (AvgIpc) is 3.16. The van der Waals surface area contributed by atoms with Crippen molar-refractivity contribution in [1.82, 2.24) is 14.5 Å². The zero-order valence-electron chi connectivity index (χ0n) is 16.5. The molecule has 6 nitrogen and oxygen atoms in total. The molecule has 2 aromatic rings. The fraction of sp³-hybridized carbons (Fsp3) is 0.450. The highest BCUT2D eigenvalue weighted by Crippen LogP contribution is 2.22. The SMILES string of the molecule is Cc1ccc(S(=O)(=O)N2CCN(CC(=O)N[C@H](C)c3cccs3)CC2)c(C)c1. The molecule has 1 aliphatic rings. The zero-order valence-corrected chi connectivity index (χ0v) is 18.1. The first-order chi connectivity index (χ1) is 13.3. The molecule has 28 heavy (non-hydrogen) atoms. The highest BCUT2D eigenvalue weighted by Gasteiger charge is 2.30. The maximum Gasteiger partial charge on any atom is 0.243 e. The average molecular weight is 422 g/mol. The molecule has 0 spiro atoms. The lowest BCUT2D eigenvalue weighted by Crippen LogP contribution is -2.51. The van der Waals surface area contributed by atoms with E-state index >= 15 is 0 Å². The molecule has 0 bridgehead atoms. The van der Waals surface area contributed by atoms with E-state index in [0.717, 1.165) is 16.0 Å². The fourth-order valence-corrected chi connectivity index (χ4v) is 5.82. The number of hydrogen-bond donors (Lipinski definition) is 1. The van der Waals surface area contributed by atoms with Crippen molar-refractivity contribution in [1.29, 1.82) is 0 Å². The Morgan fingerprint density at radius 3 is 2.50 bits per heavy atom. The normalized spacial score (nSPS) is 17.4. The minimum Gasteiger partial charge on any atom is -0.348 e. The molecule has 2 heterocycles. The predicted molar refractivity (Wildman–Crippen MR) is 112 cm³/mol. The summed E-state index contributed by atoms with van der Waals surface area (Å²) in [6, 6.07) is 9.37. The first-order valence-corrected chi connectivity index (χ1v) is 11.7. The second-order valence-electron chi connectivity index (χ2n) is 7.25. The second-order valence-corrected chi connectivity index (χ2v) is 10.1. The molecule has 0 unspecified atom stereocenters. The van der Waals surface area contributed by atoms with Gasteiger partial charge in [-0.3, -0.25) is 9.69 Å². The van der Waals surface area contributed by atoms with Gasteiger partial charge in [0.25, 0.3) is 0 Å². The second kappa shape index (κ2) is 8.73. The molecule has 8 heteroatoms. The van der Waals surface area contributed by atoms with Crippen molar-refractivity contribution in [2.45, 2.75) is 31.7 Å². The number of carbonyl (C=O) groups is 1. The highest BCUT2D eigenvalue weighted by molar-refractivity contribution is 7.89. The van der Waals surface area contributed by atoms with Crippen LogP contribution in [0.2, 0.25) is 0 Å². The van der Waals surface area contributed by atoms with Gasteiger partial charge in [0.15, 0.2) is 0 Å². The van der Waals surface area contributed by atoms with Gasteiger partial charge in [0, 0.05) is 31.1 Å². The lowest BCUT2D eigenvalue weighted by atomic mass is 10.2. The Hall–Kier alpha value is -1.74. The Kier molecular flexibility index (Phi) is 6.54. The molecule has 1 aliphatic heterocycles. The fourth-order valence-electron chi connectivity index (χ4n) is 3.45. The van der Waals surface area contributed by atoms with Gasteiger partial charge in [0.05, 0.1) is 17.5 Å². The van der Waals surface area contributed by atoms with Gasteiger partial charge in [-0.25, -0.2) is 8.42 Å². The molecule has 1 amide bonds. The van der Waals surface area contributed by atoms with Crippen molar-refractivity contribution in [2.24, 2.45) is 0 Å². The molecule has 1 aromatic carbocycles. The number of sulfonamides is 1. The molecule has 1 aromatic heterocycles. The Bertz CT molecular complexity index is 918. The third kappa shape index (κ3) is 4.81. The molecule has 1 fully saturated rings. The van der Waals surface area contributed by atoms with Gasteiger partial charge >= 0.3 is 0 Å². The van der Waals surface area contributed by atoms with Crippen LogP contribution < -0.4 is 5.32 Å². The van der Waals surface area contributed by atoms with Gasteiger partial charge in [-0.2, -0.15) is 4.31 Å². The lowest BCUT2D eigenvalue weighted by Gasteiger charge is -2.34. The first kappa shape index (κ1) is 21.0. The summed E-state index contributed by atoms with van der Waals surface area (Å²) in [6.45, 7) is 7.91. The predicted octanol–water partition coefficient (Wildman–Crippen LogP) is 2.55. The summed E-state index contributed by atoms with van der Waals surface area (Å²) in [7, 11) is -3.50. The quantitative estimate of drug-likeness (QED) is 0.778. The maximum atomic E-state index is 13.0. The van der Waals surface area contributed by atoms with Gasteiger partial charge in [-0.15, -0.1) is 11.3 Å². The summed E-state index contributed by atoms with van der Waals surface area (Å²) in [5.74, 6) is -0.0356. The molecule has 1 N–H and O–H groups in total. The van der Waals surface area contributed by atoms with E-state index in [0.29, 0.717) is 31.1 Å². The van der Waals surface area contributed by atoms with Crippen molar-refractivity contribution in [3.8, 4) is 0 Å². The van der Waals surface area contributed by atoms with Crippen LogP contribution in [0.4, 0.5) is 0 Å². The van der Waals surface area contributed by atoms with Crippen LogP contribution in [0.15, 0.2) is 40.6 Å². The van der Waals surface area contributed by atoms with Crippen LogP contribution in [0.25, 0.3) is 0 Å². The number of nitrogens with zero attached hydrogens (tertiary/aromatic N) is 2.